The van der Waals surface area contributed by atoms with Crippen molar-refractivity contribution < 1.29 is 28.5 Å². The summed E-state index contributed by atoms with van der Waals surface area (Å²) in [5.74, 6) is 0.889. The summed E-state index contributed by atoms with van der Waals surface area (Å²) in [5.41, 5.74) is 3.94. The highest BCUT2D eigenvalue weighted by atomic mass is 16.6. The van der Waals surface area contributed by atoms with Crippen LogP contribution >= 0.6 is 0 Å². The second-order valence-electron chi connectivity index (χ2n) is 6.72. The van der Waals surface area contributed by atoms with Crippen molar-refractivity contribution >= 4 is 18.1 Å². The van der Waals surface area contributed by atoms with Crippen LogP contribution < -0.4 is 24.4 Å². The fourth-order valence-corrected chi connectivity index (χ4v) is 3.00. The number of ether oxygens (including phenoxy) is 4. The maximum Gasteiger partial charge on any atom is 0.343 e. The number of hydrogen-bond donors (Lipinski definition) is 1. The van der Waals surface area contributed by atoms with Gasteiger partial charge in [0.05, 0.1) is 18.9 Å². The number of fused-ring (bicyclic) bond motifs is 1. The topological polar surface area (TPSA) is 95.5 Å². The van der Waals surface area contributed by atoms with Gasteiger partial charge in [0.1, 0.15) is 13.2 Å². The minimum absolute atomic E-state index is 0.277. The molecular formula is C24H20N2O6. The van der Waals surface area contributed by atoms with E-state index in [-0.39, 0.29) is 5.75 Å². The van der Waals surface area contributed by atoms with Gasteiger partial charge >= 0.3 is 5.97 Å². The van der Waals surface area contributed by atoms with Crippen LogP contribution in [0.15, 0.2) is 71.8 Å². The molecule has 1 aliphatic rings. The van der Waals surface area contributed by atoms with Crippen LogP contribution in [-0.4, -0.2) is 38.4 Å². The second-order valence-corrected chi connectivity index (χ2v) is 6.72. The molecule has 0 unspecified atom stereocenters. The summed E-state index contributed by atoms with van der Waals surface area (Å²) in [5, 5.41) is 3.98. The number of carbonyl (C=O) groups excluding carboxylic acids is 2. The Balaban J connectivity index is 1.40. The number of nitrogens with one attached hydrogen (secondary N) is 1. The van der Waals surface area contributed by atoms with Gasteiger partial charge in [-0.3, -0.25) is 4.79 Å². The van der Waals surface area contributed by atoms with E-state index in [1.165, 1.54) is 13.3 Å². The molecule has 4 rings (SSSR count). The van der Waals surface area contributed by atoms with Gasteiger partial charge in [-0.1, -0.05) is 18.2 Å². The van der Waals surface area contributed by atoms with Crippen LogP contribution in [-0.2, 0) is 0 Å². The molecule has 3 aromatic carbocycles. The molecule has 0 radical (unpaired) electrons. The lowest BCUT2D eigenvalue weighted by molar-refractivity contribution is 0.0729. The van der Waals surface area contributed by atoms with Gasteiger partial charge in [0.2, 0.25) is 0 Å². The normalized spacial score (nSPS) is 12.3. The van der Waals surface area contributed by atoms with E-state index in [2.05, 4.69) is 10.5 Å². The lowest BCUT2D eigenvalue weighted by atomic mass is 10.2. The van der Waals surface area contributed by atoms with Gasteiger partial charge in [-0.05, 0) is 54.1 Å². The number of carbonyl (C=O) groups is 2. The zero-order chi connectivity index (χ0) is 22.3. The Morgan fingerprint density at radius 2 is 1.69 bits per heavy atom. The zero-order valence-electron chi connectivity index (χ0n) is 17.2. The lowest BCUT2D eigenvalue weighted by Gasteiger charge is -2.18. The van der Waals surface area contributed by atoms with Gasteiger partial charge in [0, 0.05) is 5.56 Å². The van der Waals surface area contributed by atoms with Crippen LogP contribution in [0.3, 0.4) is 0 Å². The molecule has 0 spiro atoms. The van der Waals surface area contributed by atoms with E-state index in [0.717, 1.165) is 0 Å². The number of hydrogen-bond acceptors (Lipinski definition) is 7. The number of methoxy groups -OCH3 is 1. The van der Waals surface area contributed by atoms with Crippen LogP contribution in [0.1, 0.15) is 26.3 Å². The van der Waals surface area contributed by atoms with E-state index in [0.29, 0.717) is 47.2 Å². The molecule has 3 aromatic rings. The van der Waals surface area contributed by atoms with Crippen LogP contribution in [0.25, 0.3) is 0 Å². The molecule has 1 heterocycles. The van der Waals surface area contributed by atoms with E-state index in [9.17, 15) is 9.59 Å². The van der Waals surface area contributed by atoms with Crippen molar-refractivity contribution in [2.24, 2.45) is 5.10 Å². The van der Waals surface area contributed by atoms with E-state index in [4.69, 9.17) is 18.9 Å². The summed E-state index contributed by atoms with van der Waals surface area (Å²) >= 11 is 0. The van der Waals surface area contributed by atoms with E-state index in [1.807, 2.05) is 6.07 Å². The largest absolute Gasteiger partial charge is 0.493 e. The summed E-state index contributed by atoms with van der Waals surface area (Å²) in [4.78, 5) is 24.6. The summed E-state index contributed by atoms with van der Waals surface area (Å²) in [6, 6.07) is 18.5. The van der Waals surface area contributed by atoms with Crippen molar-refractivity contribution in [3.05, 3.63) is 83.4 Å². The third-order valence-corrected chi connectivity index (χ3v) is 4.58. The minimum atomic E-state index is -0.489. The van der Waals surface area contributed by atoms with Crippen molar-refractivity contribution in [1.29, 1.82) is 0 Å². The molecule has 1 amide bonds. The average Bonchev–Trinajstić information content (AvgIpc) is 2.85. The van der Waals surface area contributed by atoms with Crippen molar-refractivity contribution in [2.45, 2.75) is 0 Å². The van der Waals surface area contributed by atoms with Gasteiger partial charge in [-0.25, -0.2) is 10.2 Å². The molecule has 1 N–H and O–H groups in total. The zero-order valence-corrected chi connectivity index (χ0v) is 17.2. The number of benzene rings is 3. The molecular weight excluding hydrogens is 412 g/mol. The summed E-state index contributed by atoms with van der Waals surface area (Å²) in [7, 11) is 1.47. The molecule has 0 aliphatic carbocycles. The van der Waals surface area contributed by atoms with E-state index < -0.39 is 11.9 Å². The highest BCUT2D eigenvalue weighted by Crippen LogP contribution is 2.31. The second kappa shape index (κ2) is 9.65. The maximum absolute atomic E-state index is 12.4. The smallest absolute Gasteiger partial charge is 0.343 e. The van der Waals surface area contributed by atoms with Gasteiger partial charge in [0.15, 0.2) is 23.0 Å². The number of nitrogens with zero attached hydrogens (tertiary/aromatic N) is 1. The number of hydrazone groups is 1. The Bertz CT molecular complexity index is 1160. The lowest BCUT2D eigenvalue weighted by Crippen LogP contribution is -2.19. The Morgan fingerprint density at radius 1 is 0.906 bits per heavy atom. The quantitative estimate of drug-likeness (QED) is 0.277. The Kier molecular flexibility index (Phi) is 6.31. The van der Waals surface area contributed by atoms with E-state index >= 15 is 0 Å². The number of esters is 1. The van der Waals surface area contributed by atoms with Crippen LogP contribution in [0.2, 0.25) is 0 Å². The van der Waals surface area contributed by atoms with E-state index in [1.54, 1.807) is 60.7 Å². The monoisotopic (exact) mass is 432 g/mol. The Morgan fingerprint density at radius 3 is 2.47 bits per heavy atom. The summed E-state index contributed by atoms with van der Waals surface area (Å²) in [6.45, 7) is 0.922. The molecule has 0 atom stereocenters. The molecule has 0 bridgehead atoms. The Labute approximate surface area is 184 Å². The van der Waals surface area contributed by atoms with Crippen LogP contribution in [0.4, 0.5) is 0 Å². The molecule has 32 heavy (non-hydrogen) atoms. The predicted molar refractivity (Wildman–Crippen MR) is 117 cm³/mol. The first-order chi connectivity index (χ1) is 15.6. The molecule has 1 aliphatic heterocycles. The molecule has 0 saturated heterocycles. The molecule has 0 aromatic heterocycles. The molecule has 0 fully saturated rings. The molecule has 8 nitrogen and oxygen atoms in total. The third kappa shape index (κ3) is 4.86. The number of amides is 1. The standard InChI is InChI=1S/C24H20N2O6/c1-29-21-13-16(7-9-20(21)32-24(28)17-5-3-2-4-6-17)15-25-26-23(27)18-8-10-19-22(14-18)31-12-11-30-19/h2-10,13-15H,11-12H2,1H3,(H,26,27)/b25-15-. The predicted octanol–water partition coefficient (Wildman–Crippen LogP) is 3.45. The molecule has 8 heteroatoms. The first kappa shape index (κ1) is 20.9. The average molecular weight is 432 g/mol. The SMILES string of the molecule is COc1cc(/C=N\NC(=O)c2ccc3c(c2)OCCO3)ccc1OC(=O)c1ccccc1. The Hall–Kier alpha value is -4.33. The fraction of sp³-hybridized carbons (Fsp3) is 0.125. The van der Waals surface area contributed by atoms with Crippen LogP contribution in [0.5, 0.6) is 23.0 Å². The van der Waals surface area contributed by atoms with Gasteiger partial charge in [0.25, 0.3) is 5.91 Å². The summed E-state index contributed by atoms with van der Waals surface area (Å²) in [6.07, 6.45) is 1.46. The molecule has 162 valence electrons. The fourth-order valence-electron chi connectivity index (χ4n) is 3.00. The highest BCUT2D eigenvalue weighted by Gasteiger charge is 2.15. The minimum Gasteiger partial charge on any atom is -0.493 e. The maximum atomic E-state index is 12.4. The van der Waals surface area contributed by atoms with Crippen molar-refractivity contribution in [3.63, 3.8) is 0 Å². The van der Waals surface area contributed by atoms with Crippen molar-refractivity contribution in [3.8, 4) is 23.0 Å². The van der Waals surface area contributed by atoms with Crippen molar-refractivity contribution in [2.75, 3.05) is 20.3 Å². The molecule has 0 saturated carbocycles. The van der Waals surface area contributed by atoms with Gasteiger partial charge in [-0.15, -0.1) is 0 Å². The van der Waals surface area contributed by atoms with Gasteiger partial charge in [-0.2, -0.15) is 5.10 Å². The first-order valence-corrected chi connectivity index (χ1v) is 9.82. The van der Waals surface area contributed by atoms with Crippen LogP contribution in [0, 0.1) is 0 Å². The van der Waals surface area contributed by atoms with Crippen molar-refractivity contribution in [1.82, 2.24) is 5.43 Å². The number of rotatable bonds is 6. The highest BCUT2D eigenvalue weighted by molar-refractivity contribution is 5.95. The first-order valence-electron chi connectivity index (χ1n) is 9.82. The summed E-state index contributed by atoms with van der Waals surface area (Å²) < 4.78 is 21.7. The third-order valence-electron chi connectivity index (χ3n) is 4.58. The van der Waals surface area contributed by atoms with Gasteiger partial charge < -0.3 is 18.9 Å².